The second kappa shape index (κ2) is 8.70. The minimum Gasteiger partial charge on any atom is -0.374 e. The normalized spacial score (nSPS) is 41.3. The first-order valence-corrected chi connectivity index (χ1v) is 10.5. The maximum absolute atomic E-state index is 5.94. The summed E-state index contributed by atoms with van der Waals surface area (Å²) in [4.78, 5) is 0. The van der Waals surface area contributed by atoms with Crippen molar-refractivity contribution in [3.8, 4) is 0 Å². The quantitative estimate of drug-likeness (QED) is 0.516. The first kappa shape index (κ1) is 17.5. The molecule has 3 aliphatic rings. The summed E-state index contributed by atoms with van der Waals surface area (Å²) < 4.78 is 5.94. The van der Waals surface area contributed by atoms with Gasteiger partial charge in [-0.2, -0.15) is 0 Å². The SMILES string of the molecule is C=CCO[C@H]1CC[C@@H]2C[C@H](C3CCC(CCC)CC3)CC[C@H]2C1. The summed E-state index contributed by atoms with van der Waals surface area (Å²) in [5, 5.41) is 0. The lowest BCUT2D eigenvalue weighted by molar-refractivity contribution is -0.0158. The number of hydrogen-bond acceptors (Lipinski definition) is 1. The molecule has 0 saturated heterocycles. The molecule has 0 aromatic rings. The number of hydrogen-bond donors (Lipinski definition) is 0. The highest BCUT2D eigenvalue weighted by Gasteiger charge is 2.38. The second-order valence-corrected chi connectivity index (χ2v) is 8.72. The van der Waals surface area contributed by atoms with Crippen molar-refractivity contribution < 1.29 is 4.74 Å². The van der Waals surface area contributed by atoms with Crippen LogP contribution in [0.15, 0.2) is 12.7 Å². The Balaban J connectivity index is 1.43. The highest BCUT2D eigenvalue weighted by molar-refractivity contribution is 4.90. The predicted molar refractivity (Wildman–Crippen MR) is 98.5 cm³/mol. The van der Waals surface area contributed by atoms with Gasteiger partial charge in [0.1, 0.15) is 0 Å². The molecule has 1 heteroatoms. The summed E-state index contributed by atoms with van der Waals surface area (Å²) >= 11 is 0. The fraction of sp³-hybridized carbons (Fsp3) is 0.909. The van der Waals surface area contributed by atoms with Crippen molar-refractivity contribution in [1.29, 1.82) is 0 Å². The van der Waals surface area contributed by atoms with Crippen molar-refractivity contribution in [1.82, 2.24) is 0 Å². The van der Waals surface area contributed by atoms with Crippen LogP contribution >= 0.6 is 0 Å². The fourth-order valence-corrected chi connectivity index (χ4v) is 6.02. The van der Waals surface area contributed by atoms with Crippen molar-refractivity contribution >= 4 is 0 Å². The molecular weight excluding hydrogens is 280 g/mol. The summed E-state index contributed by atoms with van der Waals surface area (Å²) in [6.45, 7) is 6.87. The van der Waals surface area contributed by atoms with Crippen LogP contribution in [0.5, 0.6) is 0 Å². The van der Waals surface area contributed by atoms with Crippen LogP contribution in [0.1, 0.15) is 84.0 Å². The molecule has 0 bridgehead atoms. The van der Waals surface area contributed by atoms with E-state index in [2.05, 4.69) is 13.5 Å². The Morgan fingerprint density at radius 1 is 0.826 bits per heavy atom. The van der Waals surface area contributed by atoms with E-state index in [1.165, 1.54) is 70.6 Å². The molecule has 1 nitrogen and oxygen atoms in total. The minimum absolute atomic E-state index is 0.523. The number of ether oxygens (including phenoxy) is 1. The standard InChI is InChI=1S/C22H38O/c1-3-5-17-6-8-18(9-7-17)19-10-11-21-16-22(23-14-4-2)13-12-20(21)15-19/h4,17-22H,2-3,5-16H2,1H3/t17?,18?,19-,20-,21+,22+/m1/s1. The van der Waals surface area contributed by atoms with Crippen molar-refractivity contribution in [3.05, 3.63) is 12.7 Å². The molecule has 3 saturated carbocycles. The summed E-state index contributed by atoms with van der Waals surface area (Å²) in [6, 6.07) is 0. The maximum Gasteiger partial charge on any atom is 0.0648 e. The van der Waals surface area contributed by atoms with Crippen LogP contribution in [0.25, 0.3) is 0 Å². The Morgan fingerprint density at radius 3 is 2.13 bits per heavy atom. The Labute approximate surface area is 144 Å². The van der Waals surface area contributed by atoms with Crippen LogP contribution in [0, 0.1) is 29.6 Å². The van der Waals surface area contributed by atoms with Gasteiger partial charge in [0.2, 0.25) is 0 Å². The Morgan fingerprint density at radius 2 is 1.43 bits per heavy atom. The first-order chi connectivity index (χ1) is 11.3. The highest BCUT2D eigenvalue weighted by Crippen LogP contribution is 2.48. The predicted octanol–water partition coefficient (Wildman–Crippen LogP) is 6.38. The van der Waals surface area contributed by atoms with E-state index in [9.17, 15) is 0 Å². The van der Waals surface area contributed by atoms with Crippen molar-refractivity contribution in [2.24, 2.45) is 29.6 Å². The molecule has 0 aromatic heterocycles. The average molecular weight is 319 g/mol. The third-order valence-corrected chi connectivity index (χ3v) is 7.31. The van der Waals surface area contributed by atoms with E-state index in [1.807, 2.05) is 6.08 Å². The molecule has 23 heavy (non-hydrogen) atoms. The summed E-state index contributed by atoms with van der Waals surface area (Å²) in [7, 11) is 0. The second-order valence-electron chi connectivity index (χ2n) is 8.72. The molecule has 0 aliphatic heterocycles. The summed E-state index contributed by atoms with van der Waals surface area (Å²) in [5.74, 6) is 5.17. The summed E-state index contributed by atoms with van der Waals surface area (Å²) in [6.07, 6.45) is 20.0. The van der Waals surface area contributed by atoms with Crippen molar-refractivity contribution in [2.45, 2.75) is 90.1 Å². The van der Waals surface area contributed by atoms with Gasteiger partial charge < -0.3 is 4.74 Å². The van der Waals surface area contributed by atoms with E-state index in [0.717, 1.165) is 36.2 Å². The third-order valence-electron chi connectivity index (χ3n) is 7.31. The lowest BCUT2D eigenvalue weighted by Gasteiger charge is -2.45. The molecular formula is C22H38O. The zero-order valence-electron chi connectivity index (χ0n) is 15.3. The molecule has 3 rings (SSSR count). The Bertz CT molecular complexity index is 355. The molecule has 0 spiro atoms. The largest absolute Gasteiger partial charge is 0.374 e. The van der Waals surface area contributed by atoms with Gasteiger partial charge in [0.25, 0.3) is 0 Å². The van der Waals surface area contributed by atoms with E-state index < -0.39 is 0 Å². The molecule has 0 radical (unpaired) electrons. The number of fused-ring (bicyclic) bond motifs is 1. The van der Waals surface area contributed by atoms with E-state index in [4.69, 9.17) is 4.74 Å². The molecule has 3 fully saturated rings. The monoisotopic (exact) mass is 318 g/mol. The van der Waals surface area contributed by atoms with Gasteiger partial charge in [-0.25, -0.2) is 0 Å². The van der Waals surface area contributed by atoms with E-state index in [-0.39, 0.29) is 0 Å². The molecule has 4 atom stereocenters. The average Bonchev–Trinajstić information content (AvgIpc) is 2.60. The van der Waals surface area contributed by atoms with Crippen LogP contribution in [-0.4, -0.2) is 12.7 Å². The molecule has 0 aromatic carbocycles. The maximum atomic E-state index is 5.94. The third kappa shape index (κ3) is 4.62. The van der Waals surface area contributed by atoms with Crippen LogP contribution in [0.3, 0.4) is 0 Å². The zero-order chi connectivity index (χ0) is 16.1. The lowest BCUT2D eigenvalue weighted by Crippen LogP contribution is -2.36. The van der Waals surface area contributed by atoms with E-state index >= 15 is 0 Å². The lowest BCUT2D eigenvalue weighted by atomic mass is 9.62. The van der Waals surface area contributed by atoms with Gasteiger partial charge in [-0.15, -0.1) is 6.58 Å². The van der Waals surface area contributed by atoms with Gasteiger partial charge in [0.05, 0.1) is 12.7 Å². The van der Waals surface area contributed by atoms with Gasteiger partial charge in [-0.05, 0) is 81.0 Å². The molecule has 0 heterocycles. The zero-order valence-corrected chi connectivity index (χ0v) is 15.3. The van der Waals surface area contributed by atoms with E-state index in [1.54, 1.807) is 6.42 Å². The Kier molecular flexibility index (Phi) is 6.62. The Hall–Kier alpha value is -0.300. The van der Waals surface area contributed by atoms with Gasteiger partial charge >= 0.3 is 0 Å². The molecule has 132 valence electrons. The molecule has 3 aliphatic carbocycles. The fourth-order valence-electron chi connectivity index (χ4n) is 6.02. The van der Waals surface area contributed by atoms with Crippen LogP contribution in [0.2, 0.25) is 0 Å². The molecule has 0 unspecified atom stereocenters. The van der Waals surface area contributed by atoms with Crippen molar-refractivity contribution in [2.75, 3.05) is 6.61 Å². The van der Waals surface area contributed by atoms with Gasteiger partial charge in [-0.3, -0.25) is 0 Å². The van der Waals surface area contributed by atoms with Crippen LogP contribution in [-0.2, 0) is 4.74 Å². The topological polar surface area (TPSA) is 9.23 Å². The van der Waals surface area contributed by atoms with Crippen LogP contribution < -0.4 is 0 Å². The van der Waals surface area contributed by atoms with Crippen LogP contribution in [0.4, 0.5) is 0 Å². The minimum atomic E-state index is 0.523. The smallest absolute Gasteiger partial charge is 0.0648 e. The van der Waals surface area contributed by atoms with Crippen molar-refractivity contribution in [3.63, 3.8) is 0 Å². The highest BCUT2D eigenvalue weighted by atomic mass is 16.5. The molecule has 0 amide bonds. The molecule has 0 N–H and O–H groups in total. The first-order valence-electron chi connectivity index (χ1n) is 10.5. The van der Waals surface area contributed by atoms with E-state index in [0.29, 0.717) is 6.10 Å². The van der Waals surface area contributed by atoms with Gasteiger partial charge in [-0.1, -0.05) is 38.7 Å². The van der Waals surface area contributed by atoms with Gasteiger partial charge in [0.15, 0.2) is 0 Å². The van der Waals surface area contributed by atoms with Gasteiger partial charge in [0, 0.05) is 0 Å². The number of rotatable bonds is 6. The summed E-state index contributed by atoms with van der Waals surface area (Å²) in [5.41, 5.74) is 0.